The van der Waals surface area contributed by atoms with Gasteiger partial charge < -0.3 is 24.8 Å². The number of rotatable bonds is 11. The lowest BCUT2D eigenvalue weighted by Crippen LogP contribution is -2.49. The highest BCUT2D eigenvalue weighted by Gasteiger charge is 2.41. The molecule has 2 amide bonds. The molecule has 2 aliphatic rings. The van der Waals surface area contributed by atoms with Crippen molar-refractivity contribution in [1.82, 2.24) is 20.0 Å². The summed E-state index contributed by atoms with van der Waals surface area (Å²) in [6.45, 7) is 12.3. The van der Waals surface area contributed by atoms with E-state index in [0.717, 1.165) is 69.8 Å². The molecular formula is C26H42N4O3. The number of likely N-dealkylation sites (N-methyl/N-ethyl adjacent to an activating group) is 1. The first-order valence-corrected chi connectivity index (χ1v) is 12.7. The second kappa shape index (κ2) is 12.9. The molecule has 0 saturated carbocycles. The SMILES string of the molecule is CCCCN1C(=O)CCC(C(=O)NCCCN2CCN(CC)CC2)C1c1ccccc1OC. The Labute approximate surface area is 199 Å². The lowest BCUT2D eigenvalue weighted by atomic mass is 9.83. The van der Waals surface area contributed by atoms with Gasteiger partial charge in [-0.25, -0.2) is 0 Å². The number of nitrogens with one attached hydrogen (secondary N) is 1. The van der Waals surface area contributed by atoms with Gasteiger partial charge in [0.1, 0.15) is 5.75 Å². The number of benzene rings is 1. The van der Waals surface area contributed by atoms with Crippen molar-refractivity contribution in [2.24, 2.45) is 5.92 Å². The average molecular weight is 459 g/mol. The van der Waals surface area contributed by atoms with Crippen LogP contribution in [0.25, 0.3) is 0 Å². The number of nitrogens with zero attached hydrogens (tertiary/aromatic N) is 3. The van der Waals surface area contributed by atoms with E-state index in [4.69, 9.17) is 4.74 Å². The van der Waals surface area contributed by atoms with Crippen molar-refractivity contribution in [1.29, 1.82) is 0 Å². The standard InChI is InChI=1S/C26H42N4O3/c1-4-6-16-30-24(31)13-12-22(25(30)21-10-7-8-11-23(21)33-3)26(32)27-14-9-15-29-19-17-28(5-2)18-20-29/h7-8,10-11,22,25H,4-6,9,12-20H2,1-3H3,(H,27,32). The van der Waals surface area contributed by atoms with Crippen LogP contribution >= 0.6 is 0 Å². The maximum atomic E-state index is 13.3. The van der Waals surface area contributed by atoms with Crippen LogP contribution in [0.5, 0.6) is 5.75 Å². The van der Waals surface area contributed by atoms with Gasteiger partial charge in [0.05, 0.1) is 19.1 Å². The molecule has 1 aromatic carbocycles. The molecule has 7 nitrogen and oxygen atoms in total. The molecule has 7 heteroatoms. The molecule has 3 rings (SSSR count). The van der Waals surface area contributed by atoms with Gasteiger partial charge in [0, 0.05) is 51.3 Å². The van der Waals surface area contributed by atoms with Gasteiger partial charge in [-0.2, -0.15) is 0 Å². The third-order valence-corrected chi connectivity index (χ3v) is 7.12. The Hall–Kier alpha value is -2.12. The third kappa shape index (κ3) is 6.70. The molecule has 2 aliphatic heterocycles. The second-order valence-electron chi connectivity index (χ2n) is 9.19. The normalized spacial score (nSPS) is 22.4. The van der Waals surface area contributed by atoms with Gasteiger partial charge in [-0.15, -0.1) is 0 Å². The van der Waals surface area contributed by atoms with E-state index >= 15 is 0 Å². The van der Waals surface area contributed by atoms with Crippen LogP contribution in [0, 0.1) is 5.92 Å². The zero-order valence-corrected chi connectivity index (χ0v) is 20.7. The second-order valence-corrected chi connectivity index (χ2v) is 9.19. The molecular weight excluding hydrogens is 416 g/mol. The van der Waals surface area contributed by atoms with Crippen molar-refractivity contribution < 1.29 is 14.3 Å². The fraction of sp³-hybridized carbons (Fsp3) is 0.692. The van der Waals surface area contributed by atoms with E-state index in [2.05, 4.69) is 29.0 Å². The predicted molar refractivity (Wildman–Crippen MR) is 131 cm³/mol. The molecule has 2 atom stereocenters. The van der Waals surface area contributed by atoms with Crippen LogP contribution in [0.3, 0.4) is 0 Å². The highest BCUT2D eigenvalue weighted by atomic mass is 16.5. The van der Waals surface area contributed by atoms with E-state index in [1.165, 1.54) is 0 Å². The Morgan fingerprint density at radius 3 is 2.48 bits per heavy atom. The van der Waals surface area contributed by atoms with E-state index in [0.29, 0.717) is 25.9 Å². The van der Waals surface area contributed by atoms with E-state index < -0.39 is 0 Å². The summed E-state index contributed by atoms with van der Waals surface area (Å²) in [5.74, 6) is 0.664. The number of hydrogen-bond acceptors (Lipinski definition) is 5. The number of carbonyl (C=O) groups is 2. The number of hydrogen-bond donors (Lipinski definition) is 1. The quantitative estimate of drug-likeness (QED) is 0.517. The minimum atomic E-state index is -0.281. The maximum Gasteiger partial charge on any atom is 0.225 e. The number of methoxy groups -OCH3 is 1. The first kappa shape index (κ1) is 25.5. The van der Waals surface area contributed by atoms with Crippen LogP contribution in [0.4, 0.5) is 0 Å². The van der Waals surface area contributed by atoms with Crippen molar-refractivity contribution in [3.8, 4) is 5.75 Å². The van der Waals surface area contributed by atoms with Crippen LogP contribution < -0.4 is 10.1 Å². The van der Waals surface area contributed by atoms with Crippen LogP contribution in [-0.2, 0) is 9.59 Å². The fourth-order valence-corrected chi connectivity index (χ4v) is 5.09. The van der Waals surface area contributed by atoms with Crippen LogP contribution in [-0.4, -0.2) is 86.0 Å². The number of piperazine rings is 1. The number of amides is 2. The monoisotopic (exact) mass is 458 g/mol. The molecule has 0 radical (unpaired) electrons. The van der Waals surface area contributed by atoms with Crippen LogP contribution in [0.15, 0.2) is 24.3 Å². The number of piperidine rings is 1. The van der Waals surface area contributed by atoms with Gasteiger partial charge in [-0.3, -0.25) is 9.59 Å². The van der Waals surface area contributed by atoms with Gasteiger partial charge in [-0.1, -0.05) is 38.5 Å². The minimum absolute atomic E-state index is 0.0516. The predicted octanol–water partition coefficient (Wildman–Crippen LogP) is 2.92. The topological polar surface area (TPSA) is 65.1 Å². The molecule has 2 unspecified atom stereocenters. The molecule has 2 saturated heterocycles. The molecule has 2 heterocycles. The zero-order chi connectivity index (χ0) is 23.6. The summed E-state index contributed by atoms with van der Waals surface area (Å²) >= 11 is 0. The Kier molecular flexibility index (Phi) is 10.0. The van der Waals surface area contributed by atoms with Crippen molar-refractivity contribution in [2.45, 2.75) is 52.0 Å². The Morgan fingerprint density at radius 2 is 1.79 bits per heavy atom. The lowest BCUT2D eigenvalue weighted by molar-refractivity contribution is -0.143. The largest absolute Gasteiger partial charge is 0.496 e. The summed E-state index contributed by atoms with van der Waals surface area (Å²) in [4.78, 5) is 33.1. The Bertz CT molecular complexity index is 764. The van der Waals surface area contributed by atoms with Gasteiger partial charge >= 0.3 is 0 Å². The maximum absolute atomic E-state index is 13.3. The number of ether oxygens (including phenoxy) is 1. The van der Waals surface area contributed by atoms with E-state index in [1.54, 1.807) is 7.11 Å². The van der Waals surface area contributed by atoms with Gasteiger partial charge in [-0.05, 0) is 38.4 Å². The summed E-state index contributed by atoms with van der Waals surface area (Å²) in [7, 11) is 1.65. The first-order chi connectivity index (χ1) is 16.1. The van der Waals surface area contributed by atoms with Crippen molar-refractivity contribution in [3.63, 3.8) is 0 Å². The number of para-hydroxylation sites is 1. The highest BCUT2D eigenvalue weighted by Crippen LogP contribution is 2.40. The summed E-state index contributed by atoms with van der Waals surface area (Å²) < 4.78 is 5.62. The molecule has 184 valence electrons. The van der Waals surface area contributed by atoms with Gasteiger partial charge in [0.25, 0.3) is 0 Å². The zero-order valence-electron chi connectivity index (χ0n) is 20.7. The van der Waals surface area contributed by atoms with E-state index in [1.807, 2.05) is 29.2 Å². The molecule has 1 N–H and O–H groups in total. The molecule has 33 heavy (non-hydrogen) atoms. The van der Waals surface area contributed by atoms with Crippen LogP contribution in [0.2, 0.25) is 0 Å². The Balaban J connectivity index is 1.63. The molecule has 2 fully saturated rings. The highest BCUT2D eigenvalue weighted by molar-refractivity contribution is 5.85. The summed E-state index contributed by atoms with van der Waals surface area (Å²) in [6.07, 6.45) is 3.88. The fourth-order valence-electron chi connectivity index (χ4n) is 5.09. The number of likely N-dealkylation sites (tertiary alicyclic amines) is 1. The summed E-state index contributed by atoms with van der Waals surface area (Å²) in [5, 5.41) is 3.19. The third-order valence-electron chi connectivity index (χ3n) is 7.12. The molecule has 1 aromatic rings. The Morgan fingerprint density at radius 1 is 1.06 bits per heavy atom. The van der Waals surface area contributed by atoms with Crippen molar-refractivity contribution in [3.05, 3.63) is 29.8 Å². The number of carbonyl (C=O) groups excluding carboxylic acids is 2. The van der Waals surface area contributed by atoms with Gasteiger partial charge in [0.15, 0.2) is 0 Å². The van der Waals surface area contributed by atoms with E-state index in [-0.39, 0.29) is 23.8 Å². The molecule has 0 bridgehead atoms. The first-order valence-electron chi connectivity index (χ1n) is 12.7. The number of unbranched alkanes of at least 4 members (excludes halogenated alkanes) is 1. The van der Waals surface area contributed by atoms with Crippen LogP contribution in [0.1, 0.15) is 57.6 Å². The minimum Gasteiger partial charge on any atom is -0.496 e. The van der Waals surface area contributed by atoms with E-state index in [9.17, 15) is 9.59 Å². The van der Waals surface area contributed by atoms with Crippen molar-refractivity contribution >= 4 is 11.8 Å². The lowest BCUT2D eigenvalue weighted by Gasteiger charge is -2.41. The van der Waals surface area contributed by atoms with Gasteiger partial charge in [0.2, 0.25) is 11.8 Å². The molecule has 0 aromatic heterocycles. The smallest absolute Gasteiger partial charge is 0.225 e. The summed E-state index contributed by atoms with van der Waals surface area (Å²) in [5.41, 5.74) is 0.929. The average Bonchev–Trinajstić information content (AvgIpc) is 2.85. The summed E-state index contributed by atoms with van der Waals surface area (Å²) in [6, 6.07) is 7.52. The molecule has 0 aliphatic carbocycles. The molecule has 0 spiro atoms. The van der Waals surface area contributed by atoms with Crippen molar-refractivity contribution in [2.75, 3.05) is 59.5 Å².